The molecule has 0 aromatic carbocycles. The van der Waals surface area contributed by atoms with Gasteiger partial charge in [0, 0.05) is 25.2 Å². The molecule has 0 bridgehead atoms. The summed E-state index contributed by atoms with van der Waals surface area (Å²) in [5.74, 6) is -0.800. The Kier molecular flexibility index (Phi) is 8.22. The lowest BCUT2D eigenvalue weighted by atomic mass is 9.92. The first-order valence-corrected chi connectivity index (χ1v) is 7.02. The van der Waals surface area contributed by atoms with Crippen LogP contribution in [0, 0.1) is 0 Å². The summed E-state index contributed by atoms with van der Waals surface area (Å²) in [5, 5.41) is 12.6. The van der Waals surface area contributed by atoms with Crippen molar-refractivity contribution >= 4 is 5.97 Å². The van der Waals surface area contributed by atoms with E-state index in [9.17, 15) is 9.90 Å². The molecule has 2 N–H and O–H groups in total. The first-order chi connectivity index (χ1) is 8.73. The Labute approximate surface area is 117 Å². The second kappa shape index (κ2) is 8.51. The highest BCUT2D eigenvalue weighted by Gasteiger charge is 2.35. The van der Waals surface area contributed by atoms with Crippen LogP contribution < -0.4 is 5.32 Å². The van der Waals surface area contributed by atoms with Crippen LogP contribution in [-0.2, 0) is 9.53 Å². The molecule has 0 aromatic heterocycles. The van der Waals surface area contributed by atoms with E-state index < -0.39 is 11.5 Å². The molecule has 0 fully saturated rings. The van der Waals surface area contributed by atoms with Gasteiger partial charge in [-0.3, -0.25) is 10.1 Å². The molecule has 5 heteroatoms. The van der Waals surface area contributed by atoms with Gasteiger partial charge in [-0.15, -0.1) is 0 Å². The molecule has 2 atom stereocenters. The number of aliphatic carboxylic acids is 1. The van der Waals surface area contributed by atoms with Gasteiger partial charge in [-0.2, -0.15) is 0 Å². The molecule has 5 nitrogen and oxygen atoms in total. The summed E-state index contributed by atoms with van der Waals surface area (Å²) in [6.45, 7) is 11.9. The van der Waals surface area contributed by atoms with Crippen molar-refractivity contribution in [1.82, 2.24) is 10.2 Å². The topological polar surface area (TPSA) is 61.8 Å². The summed E-state index contributed by atoms with van der Waals surface area (Å²) in [5.41, 5.74) is -0.895. The summed E-state index contributed by atoms with van der Waals surface area (Å²) in [6, 6.07) is 0.315. The van der Waals surface area contributed by atoms with Gasteiger partial charge in [-0.05, 0) is 48.1 Å². The van der Waals surface area contributed by atoms with E-state index in [1.807, 2.05) is 27.8 Å². The quantitative estimate of drug-likeness (QED) is 0.592. The van der Waals surface area contributed by atoms with Gasteiger partial charge in [-0.25, -0.2) is 0 Å². The highest BCUT2D eigenvalue weighted by molar-refractivity contribution is 5.78. The van der Waals surface area contributed by atoms with E-state index in [-0.39, 0.29) is 12.1 Å². The molecular formula is C14H30N2O3. The van der Waals surface area contributed by atoms with Gasteiger partial charge in [0.1, 0.15) is 5.54 Å². The molecule has 0 aliphatic heterocycles. The normalized spacial score (nSPS) is 16.6. The summed E-state index contributed by atoms with van der Waals surface area (Å²) < 4.78 is 5.32. The van der Waals surface area contributed by atoms with E-state index >= 15 is 0 Å². The van der Waals surface area contributed by atoms with Gasteiger partial charge in [0.15, 0.2) is 0 Å². The molecule has 0 amide bonds. The Bertz CT molecular complexity index is 271. The highest BCUT2D eigenvalue weighted by atomic mass is 16.5. The molecular weight excluding hydrogens is 244 g/mol. The van der Waals surface area contributed by atoms with Crippen LogP contribution in [0.15, 0.2) is 0 Å². The van der Waals surface area contributed by atoms with E-state index in [0.717, 1.165) is 6.54 Å². The summed E-state index contributed by atoms with van der Waals surface area (Å²) >= 11 is 0. The van der Waals surface area contributed by atoms with Crippen LogP contribution in [0.3, 0.4) is 0 Å². The lowest BCUT2D eigenvalue weighted by molar-refractivity contribution is -0.145. The van der Waals surface area contributed by atoms with Gasteiger partial charge < -0.3 is 14.7 Å². The third-order valence-electron chi connectivity index (χ3n) is 3.33. The number of rotatable bonds is 10. The first-order valence-electron chi connectivity index (χ1n) is 7.02. The molecule has 0 heterocycles. The predicted molar refractivity (Wildman–Crippen MR) is 77.5 cm³/mol. The molecule has 19 heavy (non-hydrogen) atoms. The standard InChI is InChI=1S/C14H30N2O3/c1-7-19-9-8-16(6)12(4)10-14(5,13(17)18)15-11(2)3/h11-12,15H,7-10H2,1-6H3,(H,17,18). The van der Waals surface area contributed by atoms with Gasteiger partial charge in [0.05, 0.1) is 6.61 Å². The molecule has 0 aliphatic rings. The van der Waals surface area contributed by atoms with Crippen molar-refractivity contribution in [3.8, 4) is 0 Å². The van der Waals surface area contributed by atoms with Crippen molar-refractivity contribution in [3.05, 3.63) is 0 Å². The molecule has 0 saturated carbocycles. The highest BCUT2D eigenvalue weighted by Crippen LogP contribution is 2.17. The lowest BCUT2D eigenvalue weighted by Crippen LogP contribution is -2.55. The number of likely N-dealkylation sites (N-methyl/N-ethyl adjacent to an activating group) is 1. The zero-order chi connectivity index (χ0) is 15.1. The smallest absolute Gasteiger partial charge is 0.323 e. The number of ether oxygens (including phenoxy) is 1. The Morgan fingerprint density at radius 3 is 2.42 bits per heavy atom. The molecule has 0 saturated heterocycles. The number of nitrogens with one attached hydrogen (secondary N) is 1. The second-order valence-electron chi connectivity index (χ2n) is 5.67. The van der Waals surface area contributed by atoms with Crippen LogP contribution in [0.4, 0.5) is 0 Å². The number of hydrogen-bond donors (Lipinski definition) is 2. The monoisotopic (exact) mass is 274 g/mol. The van der Waals surface area contributed by atoms with Gasteiger partial charge in [-0.1, -0.05) is 0 Å². The van der Waals surface area contributed by atoms with E-state index in [0.29, 0.717) is 19.6 Å². The molecule has 0 rings (SSSR count). The minimum absolute atomic E-state index is 0.141. The van der Waals surface area contributed by atoms with Gasteiger partial charge >= 0.3 is 5.97 Å². The van der Waals surface area contributed by atoms with Crippen LogP contribution in [0.5, 0.6) is 0 Å². The number of carboxylic acid groups (broad SMARTS) is 1. The van der Waals surface area contributed by atoms with Gasteiger partial charge in [0.2, 0.25) is 0 Å². The number of carboxylic acids is 1. The fourth-order valence-corrected chi connectivity index (χ4v) is 2.17. The van der Waals surface area contributed by atoms with Crippen molar-refractivity contribution in [2.24, 2.45) is 0 Å². The average Bonchev–Trinajstić information content (AvgIpc) is 2.27. The summed E-state index contributed by atoms with van der Waals surface area (Å²) in [7, 11) is 2.00. The largest absolute Gasteiger partial charge is 0.480 e. The number of carbonyl (C=O) groups is 1. The molecule has 0 aliphatic carbocycles. The molecule has 0 aromatic rings. The van der Waals surface area contributed by atoms with Crippen molar-refractivity contribution in [2.75, 3.05) is 26.8 Å². The predicted octanol–water partition coefficient (Wildman–Crippen LogP) is 1.57. The fourth-order valence-electron chi connectivity index (χ4n) is 2.17. The molecule has 0 spiro atoms. The minimum atomic E-state index is -0.895. The maximum absolute atomic E-state index is 11.5. The maximum Gasteiger partial charge on any atom is 0.323 e. The summed E-state index contributed by atoms with van der Waals surface area (Å²) in [6.07, 6.45) is 0.559. The van der Waals surface area contributed by atoms with Crippen molar-refractivity contribution in [3.63, 3.8) is 0 Å². The van der Waals surface area contributed by atoms with E-state index in [1.54, 1.807) is 6.92 Å². The zero-order valence-electron chi connectivity index (χ0n) is 13.2. The summed E-state index contributed by atoms with van der Waals surface area (Å²) in [4.78, 5) is 13.6. The van der Waals surface area contributed by atoms with E-state index in [2.05, 4.69) is 17.1 Å². The third-order valence-corrected chi connectivity index (χ3v) is 3.33. The minimum Gasteiger partial charge on any atom is -0.480 e. The molecule has 114 valence electrons. The lowest BCUT2D eigenvalue weighted by Gasteiger charge is -2.34. The van der Waals surface area contributed by atoms with Gasteiger partial charge in [0.25, 0.3) is 0 Å². The van der Waals surface area contributed by atoms with E-state index in [1.165, 1.54) is 0 Å². The number of nitrogens with zero attached hydrogens (tertiary/aromatic N) is 1. The van der Waals surface area contributed by atoms with Crippen molar-refractivity contribution in [1.29, 1.82) is 0 Å². The van der Waals surface area contributed by atoms with Crippen LogP contribution in [0.25, 0.3) is 0 Å². The maximum atomic E-state index is 11.5. The first kappa shape index (κ1) is 18.4. The van der Waals surface area contributed by atoms with Crippen LogP contribution in [0.1, 0.15) is 41.0 Å². The SMILES string of the molecule is CCOCCN(C)C(C)CC(C)(NC(C)C)C(=O)O. The second-order valence-corrected chi connectivity index (χ2v) is 5.67. The third kappa shape index (κ3) is 6.89. The Hall–Kier alpha value is -0.650. The number of hydrogen-bond acceptors (Lipinski definition) is 4. The van der Waals surface area contributed by atoms with E-state index in [4.69, 9.17) is 4.74 Å². The Balaban J connectivity index is 4.45. The zero-order valence-corrected chi connectivity index (χ0v) is 13.2. The van der Waals surface area contributed by atoms with Crippen molar-refractivity contribution < 1.29 is 14.6 Å². The molecule has 0 radical (unpaired) electrons. The van der Waals surface area contributed by atoms with Crippen molar-refractivity contribution in [2.45, 2.75) is 58.7 Å². The van der Waals surface area contributed by atoms with Crippen LogP contribution in [-0.4, -0.2) is 60.4 Å². The van der Waals surface area contributed by atoms with Crippen LogP contribution in [0.2, 0.25) is 0 Å². The Morgan fingerprint density at radius 2 is 2.00 bits per heavy atom. The Morgan fingerprint density at radius 1 is 1.42 bits per heavy atom. The van der Waals surface area contributed by atoms with Crippen LogP contribution >= 0.6 is 0 Å². The fraction of sp³-hybridized carbons (Fsp3) is 0.929. The molecule has 2 unspecified atom stereocenters. The average molecular weight is 274 g/mol.